The van der Waals surface area contributed by atoms with Gasteiger partial charge in [0.15, 0.2) is 3.76 Å². The number of hydrogen-bond acceptors (Lipinski definition) is 0. The molecule has 0 spiro atoms. The minimum atomic E-state index is -0.519. The molecule has 0 aliphatic carbocycles. The standard InChI is InChI=1S/C5H3ClFI/c6-4-1-2-5(7)8-3-4/h1-3H. The zero-order valence-electron chi connectivity index (χ0n) is 3.87. The van der Waals surface area contributed by atoms with Crippen LogP contribution in [0.2, 0.25) is 0 Å². The first kappa shape index (κ1) is 6.42. The molecule has 0 unspecified atom stereocenters. The van der Waals surface area contributed by atoms with Crippen LogP contribution in [0.5, 0.6) is 0 Å². The summed E-state index contributed by atoms with van der Waals surface area (Å²) in [6, 6.07) is 0. The van der Waals surface area contributed by atoms with Crippen LogP contribution in [0.1, 0.15) is 0 Å². The molecule has 1 aliphatic heterocycles. The molecule has 0 N–H and O–H groups in total. The molecule has 1 rings (SSSR count). The fraction of sp³-hybridized carbons (Fsp3) is 0. The Bertz CT molecular complexity index is 161. The summed E-state index contributed by atoms with van der Waals surface area (Å²) < 4.78 is 13.9. The lowest BCUT2D eigenvalue weighted by molar-refractivity contribution is 0.839. The molecule has 0 saturated heterocycles. The maximum absolute atomic E-state index is 12.1. The first-order chi connectivity index (χ1) is 3.79. The Morgan fingerprint density at radius 1 is 1.50 bits per heavy atom. The zero-order valence-corrected chi connectivity index (χ0v) is 6.78. The molecule has 0 bridgehead atoms. The third kappa shape index (κ3) is 1.67. The van der Waals surface area contributed by atoms with E-state index in [0.717, 1.165) is 0 Å². The van der Waals surface area contributed by atoms with Crippen molar-refractivity contribution < 1.29 is 4.39 Å². The summed E-state index contributed by atoms with van der Waals surface area (Å²) in [4.78, 5) is 0. The van der Waals surface area contributed by atoms with Crippen molar-refractivity contribution in [2.45, 2.75) is 0 Å². The van der Waals surface area contributed by atoms with Gasteiger partial charge in [-0.3, -0.25) is 0 Å². The molecule has 0 saturated carbocycles. The van der Waals surface area contributed by atoms with Gasteiger partial charge in [-0.1, -0.05) is 32.3 Å². The summed E-state index contributed by atoms with van der Waals surface area (Å²) >= 11 is 4.98. The summed E-state index contributed by atoms with van der Waals surface area (Å²) in [6.45, 7) is 0. The first-order valence-corrected chi connectivity index (χ1v) is 4.69. The van der Waals surface area contributed by atoms with Crippen molar-refractivity contribution in [3.63, 3.8) is 0 Å². The summed E-state index contributed by atoms with van der Waals surface area (Å²) in [6.07, 6.45) is 3.00. The Labute approximate surface area is 61.8 Å². The van der Waals surface area contributed by atoms with Gasteiger partial charge in [0.05, 0.1) is 0 Å². The molecule has 0 atom stereocenters. The molecule has 0 radical (unpaired) electrons. The van der Waals surface area contributed by atoms with E-state index in [9.17, 15) is 4.39 Å². The molecule has 0 fully saturated rings. The maximum atomic E-state index is 12.1. The predicted octanol–water partition coefficient (Wildman–Crippen LogP) is 2.71. The minimum Gasteiger partial charge on any atom is -0.200 e. The van der Waals surface area contributed by atoms with E-state index in [2.05, 4.69) is 0 Å². The van der Waals surface area contributed by atoms with Gasteiger partial charge in [-0.25, -0.2) is 4.39 Å². The van der Waals surface area contributed by atoms with Gasteiger partial charge in [0.2, 0.25) is 0 Å². The van der Waals surface area contributed by atoms with Crippen molar-refractivity contribution in [1.29, 1.82) is 0 Å². The van der Waals surface area contributed by atoms with Crippen LogP contribution in [-0.4, -0.2) is 3.76 Å². The Hall–Kier alpha value is 0.300. The van der Waals surface area contributed by atoms with E-state index >= 15 is 0 Å². The van der Waals surface area contributed by atoms with Crippen LogP contribution in [-0.2, 0) is 0 Å². The van der Waals surface area contributed by atoms with E-state index in [1.54, 1.807) is 10.2 Å². The number of rotatable bonds is 0. The number of halogens is 3. The lowest BCUT2D eigenvalue weighted by atomic mass is 10.5. The third-order valence-corrected chi connectivity index (χ3v) is 3.17. The van der Waals surface area contributed by atoms with Crippen LogP contribution < -0.4 is 0 Å². The van der Waals surface area contributed by atoms with E-state index in [0.29, 0.717) is 5.03 Å². The molecule has 44 valence electrons. The monoisotopic (exact) mass is 244 g/mol. The smallest absolute Gasteiger partial charge is 0.155 e. The molecule has 0 aromatic rings. The third-order valence-electron chi connectivity index (χ3n) is 0.632. The Morgan fingerprint density at radius 3 is 2.62 bits per heavy atom. The first-order valence-electron chi connectivity index (χ1n) is 1.98. The van der Waals surface area contributed by atoms with E-state index in [4.69, 9.17) is 11.6 Å². The second-order valence-electron chi connectivity index (χ2n) is 1.23. The predicted molar refractivity (Wildman–Crippen MR) is 43.2 cm³/mol. The number of hydrogen-bond donors (Lipinski definition) is 0. The molecule has 0 amide bonds. The lowest BCUT2D eigenvalue weighted by Gasteiger charge is -1.90. The average molecular weight is 244 g/mol. The highest BCUT2D eigenvalue weighted by Gasteiger charge is 1.92. The minimum absolute atomic E-state index is 0.0202. The van der Waals surface area contributed by atoms with Crippen molar-refractivity contribution in [3.05, 3.63) is 21.3 Å². The Kier molecular flexibility index (Phi) is 2.19. The van der Waals surface area contributed by atoms with E-state index in [1.807, 2.05) is 0 Å². The molecule has 0 aromatic heterocycles. The van der Waals surface area contributed by atoms with Gasteiger partial charge < -0.3 is 0 Å². The van der Waals surface area contributed by atoms with Crippen molar-refractivity contribution in [1.82, 2.24) is 0 Å². The van der Waals surface area contributed by atoms with E-state index in [1.165, 1.54) is 6.08 Å². The van der Waals surface area contributed by atoms with E-state index < -0.39 is 20.7 Å². The Morgan fingerprint density at radius 2 is 2.25 bits per heavy atom. The molecule has 3 heteroatoms. The summed E-state index contributed by atoms with van der Waals surface area (Å²) in [5.41, 5.74) is 0. The molecular weight excluding hydrogens is 241 g/mol. The molecule has 0 nitrogen and oxygen atoms in total. The van der Waals surface area contributed by atoms with Gasteiger partial charge in [0.25, 0.3) is 0 Å². The topological polar surface area (TPSA) is 0 Å². The normalized spacial score (nSPS) is 18.8. The number of allylic oxidation sites excluding steroid dienone is 3. The van der Waals surface area contributed by atoms with Crippen LogP contribution in [0.15, 0.2) is 21.3 Å². The highest BCUT2D eigenvalue weighted by Crippen LogP contribution is 2.18. The summed E-state index contributed by atoms with van der Waals surface area (Å²) in [5, 5.41) is 0.666. The Balaban J connectivity index is 2.86. The summed E-state index contributed by atoms with van der Waals surface area (Å²) in [7, 11) is 0. The molecule has 1 aliphatic rings. The highest BCUT2D eigenvalue weighted by molar-refractivity contribution is 14.2. The fourth-order valence-electron chi connectivity index (χ4n) is 0.320. The SMILES string of the molecule is FC1=IC=C(Cl)C=C1. The van der Waals surface area contributed by atoms with E-state index in [-0.39, 0.29) is 3.76 Å². The van der Waals surface area contributed by atoms with Gasteiger partial charge >= 0.3 is 0 Å². The molecule has 8 heavy (non-hydrogen) atoms. The maximum Gasteiger partial charge on any atom is 0.155 e. The fourth-order valence-corrected chi connectivity index (χ4v) is 1.85. The second kappa shape index (κ2) is 2.73. The second-order valence-corrected chi connectivity index (χ2v) is 3.94. The van der Waals surface area contributed by atoms with Gasteiger partial charge in [-0.2, -0.15) is 0 Å². The average Bonchev–Trinajstić information content (AvgIpc) is 1.77. The van der Waals surface area contributed by atoms with Crippen molar-refractivity contribution in [2.24, 2.45) is 0 Å². The van der Waals surface area contributed by atoms with Crippen molar-refractivity contribution in [2.75, 3.05) is 0 Å². The van der Waals surface area contributed by atoms with Crippen LogP contribution in [0.3, 0.4) is 0 Å². The largest absolute Gasteiger partial charge is 0.200 e. The van der Waals surface area contributed by atoms with Gasteiger partial charge in [-0.15, -0.1) is 0 Å². The van der Waals surface area contributed by atoms with Crippen LogP contribution in [0.4, 0.5) is 4.39 Å². The van der Waals surface area contributed by atoms with Gasteiger partial charge in [0, 0.05) is 5.03 Å². The highest BCUT2D eigenvalue weighted by atomic mass is 127. The van der Waals surface area contributed by atoms with Crippen molar-refractivity contribution >= 4 is 36.1 Å². The van der Waals surface area contributed by atoms with Gasteiger partial charge in [-0.05, 0) is 16.2 Å². The zero-order chi connectivity index (χ0) is 5.98. The van der Waals surface area contributed by atoms with Crippen LogP contribution in [0.25, 0.3) is 0 Å². The lowest BCUT2D eigenvalue weighted by Crippen LogP contribution is -1.77. The molecular formula is C5H3ClFI. The van der Waals surface area contributed by atoms with Crippen molar-refractivity contribution in [3.8, 4) is 0 Å². The summed E-state index contributed by atoms with van der Waals surface area (Å²) in [5.74, 6) is 0. The molecule has 0 aromatic carbocycles. The molecule has 1 heterocycles. The van der Waals surface area contributed by atoms with Crippen LogP contribution >= 0.6 is 32.3 Å². The van der Waals surface area contributed by atoms with Gasteiger partial charge in [0.1, 0.15) is 0 Å². The van der Waals surface area contributed by atoms with Crippen LogP contribution in [0, 0.1) is 0 Å². The quantitative estimate of drug-likeness (QED) is 0.575.